The molecule has 1 saturated carbocycles. The molecule has 2 heterocycles. The second-order valence-electron chi connectivity index (χ2n) is 9.69. The standard InChI is InChI=1S/C30H33N3O/c1-21-11-13-23(14-12-21)30-27(16-18-29(34)31-26-9-4-3-5-10-26)33-20-25(15-17-28(33)32-30)24-8-6-7-22(2)19-24/h6-8,11-15,17,19-20,26H,3-5,9-10,16,18H2,1-2H3,(H,31,34). The van der Waals surface area contributed by atoms with Gasteiger partial charge in [-0.25, -0.2) is 4.98 Å². The van der Waals surface area contributed by atoms with Crippen molar-refractivity contribution in [3.8, 4) is 22.4 Å². The van der Waals surface area contributed by atoms with Crippen LogP contribution in [0, 0.1) is 13.8 Å². The number of hydrogen-bond donors (Lipinski definition) is 1. The molecule has 4 heteroatoms. The quantitative estimate of drug-likeness (QED) is 0.356. The molecule has 0 saturated heterocycles. The van der Waals surface area contributed by atoms with Gasteiger partial charge in [0.05, 0.1) is 11.4 Å². The minimum absolute atomic E-state index is 0.145. The van der Waals surface area contributed by atoms with Crippen LogP contribution in [-0.2, 0) is 11.2 Å². The van der Waals surface area contributed by atoms with Crippen LogP contribution in [0.5, 0.6) is 0 Å². The second kappa shape index (κ2) is 9.84. The maximum absolute atomic E-state index is 12.8. The molecule has 1 aliphatic carbocycles. The van der Waals surface area contributed by atoms with Crippen LogP contribution >= 0.6 is 0 Å². The Bertz CT molecular complexity index is 1300. The van der Waals surface area contributed by atoms with Crippen molar-refractivity contribution < 1.29 is 4.79 Å². The van der Waals surface area contributed by atoms with Crippen LogP contribution in [0.25, 0.3) is 28.0 Å². The number of fused-ring (bicyclic) bond motifs is 1. The predicted octanol–water partition coefficient (Wildman–Crippen LogP) is 6.67. The smallest absolute Gasteiger partial charge is 0.220 e. The zero-order valence-electron chi connectivity index (χ0n) is 20.2. The Morgan fingerprint density at radius 2 is 1.68 bits per heavy atom. The first-order valence-electron chi connectivity index (χ1n) is 12.5. The van der Waals surface area contributed by atoms with E-state index in [0.717, 1.165) is 41.0 Å². The average Bonchev–Trinajstić information content (AvgIpc) is 3.21. The van der Waals surface area contributed by atoms with Gasteiger partial charge in [0.25, 0.3) is 0 Å². The number of aryl methyl sites for hydroxylation is 3. The van der Waals surface area contributed by atoms with Crippen LogP contribution in [0.4, 0.5) is 0 Å². The van der Waals surface area contributed by atoms with Gasteiger partial charge in [-0.05, 0) is 56.4 Å². The molecule has 0 radical (unpaired) electrons. The first-order valence-corrected chi connectivity index (χ1v) is 12.5. The van der Waals surface area contributed by atoms with E-state index in [1.807, 2.05) is 0 Å². The molecule has 1 fully saturated rings. The van der Waals surface area contributed by atoms with Gasteiger partial charge in [0.2, 0.25) is 5.91 Å². The highest BCUT2D eigenvalue weighted by atomic mass is 16.1. The second-order valence-corrected chi connectivity index (χ2v) is 9.69. The summed E-state index contributed by atoms with van der Waals surface area (Å²) in [6.45, 7) is 4.21. The van der Waals surface area contributed by atoms with E-state index in [4.69, 9.17) is 4.98 Å². The summed E-state index contributed by atoms with van der Waals surface area (Å²) in [5.41, 5.74) is 8.86. The number of imidazole rings is 1. The van der Waals surface area contributed by atoms with Gasteiger partial charge in [-0.15, -0.1) is 0 Å². The minimum atomic E-state index is 0.145. The molecule has 5 rings (SSSR count). The first kappa shape index (κ1) is 22.4. The Morgan fingerprint density at radius 3 is 2.44 bits per heavy atom. The van der Waals surface area contributed by atoms with Crippen molar-refractivity contribution in [2.75, 3.05) is 0 Å². The number of nitrogens with zero attached hydrogens (tertiary/aromatic N) is 2. The number of benzene rings is 2. The highest BCUT2D eigenvalue weighted by molar-refractivity contribution is 5.77. The number of pyridine rings is 1. The van der Waals surface area contributed by atoms with Crippen molar-refractivity contribution in [2.24, 2.45) is 0 Å². The zero-order chi connectivity index (χ0) is 23.5. The van der Waals surface area contributed by atoms with E-state index in [-0.39, 0.29) is 5.91 Å². The van der Waals surface area contributed by atoms with Crippen LogP contribution in [-0.4, -0.2) is 21.3 Å². The zero-order valence-corrected chi connectivity index (χ0v) is 20.2. The molecule has 2 aromatic heterocycles. The molecular weight excluding hydrogens is 418 g/mol. The van der Waals surface area contributed by atoms with E-state index >= 15 is 0 Å². The van der Waals surface area contributed by atoms with Crippen molar-refractivity contribution in [3.63, 3.8) is 0 Å². The summed E-state index contributed by atoms with van der Waals surface area (Å²) in [7, 11) is 0. The van der Waals surface area contributed by atoms with Crippen LogP contribution < -0.4 is 5.32 Å². The van der Waals surface area contributed by atoms with E-state index in [2.05, 4.69) is 90.4 Å². The van der Waals surface area contributed by atoms with Crippen LogP contribution in [0.2, 0.25) is 0 Å². The summed E-state index contributed by atoms with van der Waals surface area (Å²) in [5, 5.41) is 3.27. The number of hydrogen-bond acceptors (Lipinski definition) is 2. The fourth-order valence-corrected chi connectivity index (χ4v) is 5.05. The van der Waals surface area contributed by atoms with Crippen molar-refractivity contribution in [1.29, 1.82) is 0 Å². The van der Waals surface area contributed by atoms with E-state index in [9.17, 15) is 4.79 Å². The number of carbonyl (C=O) groups excluding carboxylic acids is 1. The van der Waals surface area contributed by atoms with Crippen molar-refractivity contribution >= 4 is 11.6 Å². The van der Waals surface area contributed by atoms with E-state index in [1.165, 1.54) is 36.0 Å². The van der Waals surface area contributed by atoms with Gasteiger partial charge < -0.3 is 9.72 Å². The normalized spacial score (nSPS) is 14.4. The molecule has 0 spiro atoms. The summed E-state index contributed by atoms with van der Waals surface area (Å²) in [6, 6.07) is 21.6. The lowest BCUT2D eigenvalue weighted by molar-refractivity contribution is -0.122. The lowest BCUT2D eigenvalue weighted by atomic mass is 9.95. The number of carbonyl (C=O) groups is 1. The van der Waals surface area contributed by atoms with Gasteiger partial charge in [0, 0.05) is 24.2 Å². The third-order valence-corrected chi connectivity index (χ3v) is 6.95. The molecule has 1 N–H and O–H groups in total. The van der Waals surface area contributed by atoms with Crippen molar-refractivity contribution in [3.05, 3.63) is 83.7 Å². The monoisotopic (exact) mass is 451 g/mol. The molecule has 0 bridgehead atoms. The van der Waals surface area contributed by atoms with E-state index in [1.54, 1.807) is 0 Å². The Labute approximate surface area is 202 Å². The van der Waals surface area contributed by atoms with Gasteiger partial charge in [-0.3, -0.25) is 4.79 Å². The van der Waals surface area contributed by atoms with Crippen LogP contribution in [0.15, 0.2) is 66.9 Å². The Hall–Kier alpha value is -3.40. The summed E-state index contributed by atoms with van der Waals surface area (Å²) in [5.74, 6) is 0.145. The molecule has 1 aliphatic rings. The van der Waals surface area contributed by atoms with Crippen molar-refractivity contribution in [1.82, 2.24) is 14.7 Å². The highest BCUT2D eigenvalue weighted by Gasteiger charge is 2.19. The van der Waals surface area contributed by atoms with E-state index < -0.39 is 0 Å². The Kier molecular flexibility index (Phi) is 6.48. The molecule has 174 valence electrons. The topological polar surface area (TPSA) is 46.4 Å². The Morgan fingerprint density at radius 1 is 0.912 bits per heavy atom. The summed E-state index contributed by atoms with van der Waals surface area (Å²) in [4.78, 5) is 17.8. The third kappa shape index (κ3) is 4.91. The van der Waals surface area contributed by atoms with E-state index in [0.29, 0.717) is 18.9 Å². The van der Waals surface area contributed by atoms with Gasteiger partial charge in [-0.2, -0.15) is 0 Å². The summed E-state index contributed by atoms with van der Waals surface area (Å²) >= 11 is 0. The third-order valence-electron chi connectivity index (χ3n) is 6.95. The molecular formula is C30H33N3O. The molecule has 34 heavy (non-hydrogen) atoms. The number of nitrogens with one attached hydrogen (secondary N) is 1. The summed E-state index contributed by atoms with van der Waals surface area (Å²) < 4.78 is 2.18. The maximum atomic E-state index is 12.8. The molecule has 1 amide bonds. The maximum Gasteiger partial charge on any atom is 0.220 e. The van der Waals surface area contributed by atoms with Gasteiger partial charge >= 0.3 is 0 Å². The van der Waals surface area contributed by atoms with Gasteiger partial charge in [0.15, 0.2) is 0 Å². The number of amides is 1. The number of aromatic nitrogens is 2. The van der Waals surface area contributed by atoms with Crippen LogP contribution in [0.1, 0.15) is 55.3 Å². The van der Waals surface area contributed by atoms with Gasteiger partial charge in [-0.1, -0.05) is 78.9 Å². The minimum Gasteiger partial charge on any atom is -0.353 e. The summed E-state index contributed by atoms with van der Waals surface area (Å²) in [6.07, 6.45) is 9.24. The Balaban J connectivity index is 1.49. The molecule has 4 aromatic rings. The lowest BCUT2D eigenvalue weighted by Gasteiger charge is -2.22. The highest BCUT2D eigenvalue weighted by Crippen LogP contribution is 2.29. The molecule has 0 aliphatic heterocycles. The predicted molar refractivity (Wildman–Crippen MR) is 139 cm³/mol. The fourth-order valence-electron chi connectivity index (χ4n) is 5.05. The SMILES string of the molecule is Cc1ccc(-c2nc3ccc(-c4cccc(C)c4)cn3c2CCC(=O)NC2CCCCC2)cc1. The fraction of sp³-hybridized carbons (Fsp3) is 0.333. The molecule has 4 nitrogen and oxygen atoms in total. The van der Waals surface area contributed by atoms with Gasteiger partial charge in [0.1, 0.15) is 5.65 Å². The number of rotatable bonds is 6. The molecule has 0 atom stereocenters. The molecule has 2 aromatic carbocycles. The van der Waals surface area contributed by atoms with Crippen LogP contribution in [0.3, 0.4) is 0 Å². The molecule has 0 unspecified atom stereocenters. The lowest BCUT2D eigenvalue weighted by Crippen LogP contribution is -2.36. The first-order chi connectivity index (χ1) is 16.6. The van der Waals surface area contributed by atoms with Crippen molar-refractivity contribution in [2.45, 2.75) is 64.8 Å². The largest absolute Gasteiger partial charge is 0.353 e. The average molecular weight is 452 g/mol.